The van der Waals surface area contributed by atoms with Gasteiger partial charge in [0.15, 0.2) is 0 Å². The summed E-state index contributed by atoms with van der Waals surface area (Å²) < 4.78 is 72.4. The highest BCUT2D eigenvalue weighted by atomic mass is 19.4. The first-order valence-electron chi connectivity index (χ1n) is 15.0. The molecular formula is C31H36F5N7O3. The van der Waals surface area contributed by atoms with Gasteiger partial charge in [-0.25, -0.2) is 28.5 Å². The van der Waals surface area contributed by atoms with Crippen LogP contribution < -0.4 is 10.2 Å². The number of likely N-dealkylation sites (tertiary alicyclic amines) is 1. The molecule has 2 aliphatic heterocycles. The van der Waals surface area contributed by atoms with Crippen LogP contribution in [0.25, 0.3) is 10.9 Å². The summed E-state index contributed by atoms with van der Waals surface area (Å²) in [6, 6.07) is 7.99. The summed E-state index contributed by atoms with van der Waals surface area (Å²) in [4.78, 5) is 42.9. The monoisotopic (exact) mass is 649 g/mol. The number of carbonyl (C=O) groups is 2. The first kappa shape index (κ1) is 33.2. The summed E-state index contributed by atoms with van der Waals surface area (Å²) >= 11 is 0. The van der Waals surface area contributed by atoms with E-state index in [4.69, 9.17) is 9.72 Å². The number of fused-ring (bicyclic) bond motifs is 1. The number of halogens is 5. The minimum Gasteiger partial charge on any atom is -0.444 e. The second-order valence-corrected chi connectivity index (χ2v) is 12.5. The number of nitrogens with one attached hydrogen (secondary N) is 1. The number of nitrogens with zero attached hydrogens (tertiary/aromatic N) is 6. The average molecular weight is 650 g/mol. The van der Waals surface area contributed by atoms with Crippen molar-refractivity contribution in [2.75, 3.05) is 50.7 Å². The van der Waals surface area contributed by atoms with Crippen LogP contribution in [-0.2, 0) is 10.9 Å². The Morgan fingerprint density at radius 3 is 2.22 bits per heavy atom. The average Bonchev–Trinajstić information content (AvgIpc) is 3.00. The minimum atomic E-state index is -4.73. The molecule has 0 saturated carbocycles. The van der Waals surface area contributed by atoms with Gasteiger partial charge in [-0.1, -0.05) is 6.07 Å². The molecule has 46 heavy (non-hydrogen) atoms. The third kappa shape index (κ3) is 7.98. The van der Waals surface area contributed by atoms with Crippen LogP contribution in [-0.4, -0.2) is 94.1 Å². The van der Waals surface area contributed by atoms with Crippen molar-refractivity contribution in [3.05, 3.63) is 59.7 Å². The highest BCUT2D eigenvalue weighted by Gasteiger charge is 2.38. The smallest absolute Gasteiger partial charge is 0.444 e. The van der Waals surface area contributed by atoms with Crippen molar-refractivity contribution >= 4 is 28.7 Å². The van der Waals surface area contributed by atoms with E-state index in [1.807, 2.05) is 25.7 Å². The number of ether oxygens (including phenoxy) is 1. The molecule has 0 radical (unpaired) electrons. The van der Waals surface area contributed by atoms with E-state index in [-0.39, 0.29) is 31.3 Å². The predicted molar refractivity (Wildman–Crippen MR) is 160 cm³/mol. The Kier molecular flexibility index (Phi) is 9.34. The predicted octanol–water partition coefficient (Wildman–Crippen LogP) is 5.30. The van der Waals surface area contributed by atoms with Gasteiger partial charge in [-0.2, -0.15) is 13.2 Å². The Bertz CT molecular complexity index is 1540. The number of pyridine rings is 1. The number of carbonyl (C=O) groups excluding carboxylic acids is 2. The molecule has 2 aromatic heterocycles. The fourth-order valence-electron chi connectivity index (χ4n) is 5.52. The van der Waals surface area contributed by atoms with Crippen LogP contribution in [0.2, 0.25) is 0 Å². The molecule has 10 nitrogen and oxygen atoms in total. The van der Waals surface area contributed by atoms with Gasteiger partial charge >= 0.3 is 12.3 Å². The van der Waals surface area contributed by atoms with Gasteiger partial charge in [-0.15, -0.1) is 0 Å². The molecule has 5 rings (SSSR count). The maximum atomic E-state index is 13.9. The van der Waals surface area contributed by atoms with Crippen molar-refractivity contribution in [1.29, 1.82) is 0 Å². The molecule has 2 fully saturated rings. The zero-order chi connectivity index (χ0) is 33.3. The van der Waals surface area contributed by atoms with Crippen molar-refractivity contribution < 1.29 is 36.3 Å². The zero-order valence-electron chi connectivity index (χ0n) is 25.8. The Morgan fingerprint density at radius 1 is 0.957 bits per heavy atom. The van der Waals surface area contributed by atoms with E-state index in [0.29, 0.717) is 48.5 Å². The highest BCUT2D eigenvalue weighted by molar-refractivity contribution is 6.06. The van der Waals surface area contributed by atoms with Crippen LogP contribution in [0.3, 0.4) is 0 Å². The first-order chi connectivity index (χ1) is 21.6. The first-order valence-corrected chi connectivity index (χ1v) is 15.0. The van der Waals surface area contributed by atoms with Crippen LogP contribution in [0, 0.1) is 0 Å². The van der Waals surface area contributed by atoms with Gasteiger partial charge in [0.25, 0.3) is 11.8 Å². The van der Waals surface area contributed by atoms with Gasteiger partial charge in [0.2, 0.25) is 5.82 Å². The zero-order valence-corrected chi connectivity index (χ0v) is 25.8. The van der Waals surface area contributed by atoms with Gasteiger partial charge in [0, 0.05) is 87.6 Å². The van der Waals surface area contributed by atoms with Crippen LogP contribution in [0.4, 0.5) is 32.6 Å². The van der Waals surface area contributed by atoms with Crippen molar-refractivity contribution in [1.82, 2.24) is 30.1 Å². The largest absolute Gasteiger partial charge is 0.451 e. The number of piperidine rings is 1. The molecule has 0 aliphatic carbocycles. The number of hydrogen-bond donors (Lipinski definition) is 1. The lowest BCUT2D eigenvalue weighted by Gasteiger charge is -2.37. The standard InChI is InChI=1S/C31H36F5N7O3/c1-29(2,3)46-28(45)43-15-13-42(14-16-43)25-8-7-21-22(5-4-6-23(21)40-25)26(44)37-19-24(41-11-9-30(32,33)10-12-41)20-17-38-27(39-18-20)31(34,35)36/h4-8,17-18,24H,9-16,19H2,1-3H3,(H,37,44)/t24-/m0/s1. The van der Waals surface area contributed by atoms with E-state index < -0.39 is 48.3 Å². The fourth-order valence-corrected chi connectivity index (χ4v) is 5.52. The summed E-state index contributed by atoms with van der Waals surface area (Å²) in [5.74, 6) is -3.90. The summed E-state index contributed by atoms with van der Waals surface area (Å²) in [5, 5.41) is 3.41. The summed E-state index contributed by atoms with van der Waals surface area (Å²) in [6.45, 7) is 7.41. The van der Waals surface area contributed by atoms with Crippen molar-refractivity contribution in [2.24, 2.45) is 0 Å². The second-order valence-electron chi connectivity index (χ2n) is 12.5. The molecule has 4 heterocycles. The quantitative estimate of drug-likeness (QED) is 0.359. The van der Waals surface area contributed by atoms with E-state index in [0.717, 1.165) is 12.4 Å². The lowest BCUT2D eigenvalue weighted by Crippen LogP contribution is -2.50. The molecule has 0 spiro atoms. The maximum absolute atomic E-state index is 13.9. The van der Waals surface area contributed by atoms with E-state index in [9.17, 15) is 31.5 Å². The molecule has 3 aromatic rings. The Labute approximate surface area is 262 Å². The minimum absolute atomic E-state index is 0.0123. The molecule has 0 unspecified atom stereocenters. The lowest BCUT2D eigenvalue weighted by molar-refractivity contribution is -0.145. The van der Waals surface area contributed by atoms with E-state index in [2.05, 4.69) is 15.3 Å². The third-order valence-electron chi connectivity index (χ3n) is 7.95. The molecule has 2 aliphatic rings. The number of hydrogen-bond acceptors (Lipinski definition) is 8. The van der Waals surface area contributed by atoms with Crippen LogP contribution in [0.5, 0.6) is 0 Å². The summed E-state index contributed by atoms with van der Waals surface area (Å²) in [7, 11) is 0. The van der Waals surface area contributed by atoms with E-state index in [1.165, 1.54) is 0 Å². The molecular weight excluding hydrogens is 613 g/mol. The number of benzene rings is 1. The molecule has 248 valence electrons. The fraction of sp³-hybridized carbons (Fsp3) is 0.516. The van der Waals surface area contributed by atoms with Crippen molar-refractivity contribution in [3.63, 3.8) is 0 Å². The molecule has 1 atom stereocenters. The molecule has 2 saturated heterocycles. The number of anilines is 1. The van der Waals surface area contributed by atoms with Crippen LogP contribution in [0.15, 0.2) is 42.7 Å². The maximum Gasteiger partial charge on any atom is 0.451 e. The van der Waals surface area contributed by atoms with Crippen LogP contribution >= 0.6 is 0 Å². The highest BCUT2D eigenvalue weighted by Crippen LogP contribution is 2.33. The third-order valence-corrected chi connectivity index (χ3v) is 7.95. The second kappa shape index (κ2) is 12.9. The number of amides is 2. The topological polar surface area (TPSA) is 104 Å². The van der Waals surface area contributed by atoms with Gasteiger partial charge in [0.1, 0.15) is 11.4 Å². The van der Waals surface area contributed by atoms with Gasteiger partial charge in [-0.3, -0.25) is 9.69 Å². The number of aromatic nitrogens is 3. The van der Waals surface area contributed by atoms with Gasteiger partial charge in [0.05, 0.1) is 11.6 Å². The van der Waals surface area contributed by atoms with Crippen molar-refractivity contribution in [3.8, 4) is 0 Å². The molecule has 15 heteroatoms. The summed E-state index contributed by atoms with van der Waals surface area (Å²) in [6.07, 6.45) is -3.86. The van der Waals surface area contributed by atoms with Crippen molar-refractivity contribution in [2.45, 2.75) is 57.4 Å². The Morgan fingerprint density at radius 2 is 1.61 bits per heavy atom. The number of rotatable bonds is 6. The number of piperazine rings is 1. The molecule has 1 N–H and O–H groups in total. The van der Waals surface area contributed by atoms with Gasteiger partial charge < -0.3 is 19.9 Å². The normalized spacial score (nSPS) is 18.3. The lowest BCUT2D eigenvalue weighted by atomic mass is 10.0. The Balaban J connectivity index is 1.28. The van der Waals surface area contributed by atoms with Gasteiger partial charge in [-0.05, 0) is 45.0 Å². The SMILES string of the molecule is CC(C)(C)OC(=O)N1CCN(c2ccc3c(C(=O)NC[C@@H](c4cnc(C(F)(F)F)nc4)N4CCC(F)(F)CC4)cccc3n2)CC1. The number of alkyl halides is 5. The van der Waals surface area contributed by atoms with E-state index >= 15 is 0 Å². The molecule has 2 amide bonds. The summed E-state index contributed by atoms with van der Waals surface area (Å²) in [5.41, 5.74) is 0.597. The van der Waals surface area contributed by atoms with E-state index in [1.54, 1.807) is 40.1 Å². The van der Waals surface area contributed by atoms with Crippen LogP contribution in [0.1, 0.15) is 61.4 Å². The Hall–Kier alpha value is -4.14. The molecule has 0 bridgehead atoms. The molecule has 1 aromatic carbocycles.